The predicted octanol–water partition coefficient (Wildman–Crippen LogP) is 0.707. The largest absolute Gasteiger partial charge is 0.481 e. The zero-order valence-corrected chi connectivity index (χ0v) is 6.70. The topological polar surface area (TPSA) is 70.7 Å². The van der Waals surface area contributed by atoms with Crippen LogP contribution in [0, 0.1) is 6.92 Å². The summed E-state index contributed by atoms with van der Waals surface area (Å²) in [5.41, 5.74) is 0.645. The van der Waals surface area contributed by atoms with Gasteiger partial charge in [-0.25, -0.2) is 0 Å². The highest BCUT2D eigenvalue weighted by Gasteiger charge is 2.08. The number of aliphatic carboxylic acids is 1. The zero-order valence-electron chi connectivity index (χ0n) is 6.70. The monoisotopic (exact) mass is 170 g/mol. The molecule has 1 aromatic heterocycles. The fourth-order valence-corrected chi connectivity index (χ4v) is 0.981. The first kappa shape index (κ1) is 8.80. The van der Waals surface area contributed by atoms with Crippen LogP contribution in [0.15, 0.2) is 10.5 Å². The van der Waals surface area contributed by atoms with Gasteiger partial charge in [-0.1, -0.05) is 0 Å². The summed E-state index contributed by atoms with van der Waals surface area (Å²) in [6, 6.07) is 1.56. The molecule has 0 aliphatic heterocycles. The maximum Gasteiger partial charge on any atom is 0.311 e. The van der Waals surface area contributed by atoms with Crippen LogP contribution in [-0.4, -0.2) is 16.2 Å². The van der Waals surface area contributed by atoms with Gasteiger partial charge in [-0.15, -0.1) is 0 Å². The molecule has 2 N–H and O–H groups in total. The highest BCUT2D eigenvalue weighted by Crippen LogP contribution is 2.14. The van der Waals surface area contributed by atoms with Gasteiger partial charge in [-0.3, -0.25) is 4.79 Å². The SMILES string of the molecule is Cc1oc(CC(=O)O)cc1CO. The van der Waals surface area contributed by atoms with E-state index < -0.39 is 5.97 Å². The van der Waals surface area contributed by atoms with E-state index in [-0.39, 0.29) is 13.0 Å². The van der Waals surface area contributed by atoms with E-state index in [0.29, 0.717) is 17.1 Å². The summed E-state index contributed by atoms with van der Waals surface area (Å²) in [5, 5.41) is 17.2. The highest BCUT2D eigenvalue weighted by molar-refractivity contribution is 5.69. The molecule has 0 radical (unpaired) electrons. The maximum absolute atomic E-state index is 10.3. The van der Waals surface area contributed by atoms with E-state index in [2.05, 4.69) is 0 Å². The molecule has 0 fully saturated rings. The average molecular weight is 170 g/mol. The Morgan fingerprint density at radius 2 is 2.33 bits per heavy atom. The molecule has 0 bridgehead atoms. The molecule has 66 valence electrons. The lowest BCUT2D eigenvalue weighted by Gasteiger charge is -1.87. The third-order valence-electron chi connectivity index (χ3n) is 1.57. The molecule has 0 aromatic carbocycles. The summed E-state index contributed by atoms with van der Waals surface area (Å²) in [6.45, 7) is 1.58. The second kappa shape index (κ2) is 3.40. The second-order valence-corrected chi connectivity index (χ2v) is 2.52. The predicted molar refractivity (Wildman–Crippen MR) is 40.7 cm³/mol. The minimum absolute atomic E-state index is 0.116. The number of aliphatic hydroxyl groups is 1. The van der Waals surface area contributed by atoms with Crippen LogP contribution in [0.5, 0.6) is 0 Å². The second-order valence-electron chi connectivity index (χ2n) is 2.52. The van der Waals surface area contributed by atoms with Gasteiger partial charge in [0, 0.05) is 5.56 Å². The molecule has 0 saturated heterocycles. The van der Waals surface area contributed by atoms with E-state index >= 15 is 0 Å². The quantitative estimate of drug-likeness (QED) is 0.700. The number of rotatable bonds is 3. The van der Waals surface area contributed by atoms with Gasteiger partial charge >= 0.3 is 5.97 Å². The van der Waals surface area contributed by atoms with Crippen LogP contribution in [0.25, 0.3) is 0 Å². The van der Waals surface area contributed by atoms with E-state index in [1.165, 1.54) is 0 Å². The molecule has 4 nitrogen and oxygen atoms in total. The van der Waals surface area contributed by atoms with Gasteiger partial charge in [0.2, 0.25) is 0 Å². The number of carboxylic acids is 1. The number of carboxylic acid groups (broad SMARTS) is 1. The minimum Gasteiger partial charge on any atom is -0.481 e. The Morgan fingerprint density at radius 3 is 2.75 bits per heavy atom. The van der Waals surface area contributed by atoms with Crippen molar-refractivity contribution in [2.24, 2.45) is 0 Å². The number of furan rings is 1. The van der Waals surface area contributed by atoms with Crippen LogP contribution in [0.4, 0.5) is 0 Å². The molecule has 1 aromatic rings. The van der Waals surface area contributed by atoms with Gasteiger partial charge in [0.15, 0.2) is 0 Å². The maximum atomic E-state index is 10.3. The molecule has 0 spiro atoms. The van der Waals surface area contributed by atoms with Crippen molar-refractivity contribution in [1.29, 1.82) is 0 Å². The minimum atomic E-state index is -0.937. The van der Waals surface area contributed by atoms with Gasteiger partial charge in [0.05, 0.1) is 6.61 Å². The summed E-state index contributed by atoms with van der Waals surface area (Å²) in [4.78, 5) is 10.3. The van der Waals surface area contributed by atoms with E-state index in [0.717, 1.165) is 0 Å². The van der Waals surface area contributed by atoms with E-state index in [4.69, 9.17) is 14.6 Å². The summed E-state index contributed by atoms with van der Waals surface area (Å²) in [6.07, 6.45) is -0.138. The van der Waals surface area contributed by atoms with E-state index in [1.54, 1.807) is 13.0 Å². The van der Waals surface area contributed by atoms with E-state index in [9.17, 15) is 4.79 Å². The third-order valence-corrected chi connectivity index (χ3v) is 1.57. The Kier molecular flexibility index (Phi) is 2.50. The number of aliphatic hydroxyl groups excluding tert-OH is 1. The van der Waals surface area contributed by atoms with Crippen molar-refractivity contribution in [3.63, 3.8) is 0 Å². The van der Waals surface area contributed by atoms with Crippen LogP contribution in [0.3, 0.4) is 0 Å². The Balaban J connectivity index is 2.82. The van der Waals surface area contributed by atoms with Gasteiger partial charge in [-0.05, 0) is 13.0 Å². The fraction of sp³-hybridized carbons (Fsp3) is 0.375. The molecule has 0 atom stereocenters. The van der Waals surface area contributed by atoms with Crippen molar-refractivity contribution in [2.45, 2.75) is 20.0 Å². The van der Waals surface area contributed by atoms with Gasteiger partial charge in [-0.2, -0.15) is 0 Å². The van der Waals surface area contributed by atoms with Gasteiger partial charge in [0.25, 0.3) is 0 Å². The van der Waals surface area contributed by atoms with Crippen molar-refractivity contribution in [2.75, 3.05) is 0 Å². The van der Waals surface area contributed by atoms with Crippen LogP contribution in [-0.2, 0) is 17.8 Å². The fourth-order valence-electron chi connectivity index (χ4n) is 0.981. The average Bonchev–Trinajstić information content (AvgIpc) is 2.29. The first-order chi connectivity index (χ1) is 5.63. The van der Waals surface area contributed by atoms with Gasteiger partial charge < -0.3 is 14.6 Å². The third kappa shape index (κ3) is 1.85. The number of hydrogen-bond donors (Lipinski definition) is 2. The smallest absolute Gasteiger partial charge is 0.311 e. The molecule has 1 rings (SSSR count). The van der Waals surface area contributed by atoms with E-state index in [1.807, 2.05) is 0 Å². The summed E-state index contributed by atoms with van der Waals surface area (Å²) >= 11 is 0. The standard InChI is InChI=1S/C8H10O4/c1-5-6(4-9)2-7(12-5)3-8(10)11/h2,9H,3-4H2,1H3,(H,10,11). The first-order valence-corrected chi connectivity index (χ1v) is 3.54. The number of aryl methyl sites for hydroxylation is 1. The summed E-state index contributed by atoms with van der Waals surface area (Å²) in [7, 11) is 0. The molecular formula is C8H10O4. The van der Waals surface area contributed by atoms with Crippen LogP contribution < -0.4 is 0 Å². The Hall–Kier alpha value is -1.29. The zero-order chi connectivity index (χ0) is 9.14. The van der Waals surface area contributed by atoms with Crippen molar-refractivity contribution >= 4 is 5.97 Å². The Labute approximate surface area is 69.4 Å². The number of hydrogen-bond acceptors (Lipinski definition) is 3. The molecule has 1 heterocycles. The normalized spacial score (nSPS) is 10.2. The van der Waals surface area contributed by atoms with Gasteiger partial charge in [0.1, 0.15) is 17.9 Å². The summed E-state index contributed by atoms with van der Waals surface area (Å²) in [5.74, 6) is 0.0195. The molecule has 4 heteroatoms. The van der Waals surface area contributed by atoms with Crippen molar-refractivity contribution in [1.82, 2.24) is 0 Å². The summed E-state index contributed by atoms with van der Waals surface area (Å²) < 4.78 is 5.08. The van der Waals surface area contributed by atoms with Crippen molar-refractivity contribution in [3.8, 4) is 0 Å². The Morgan fingerprint density at radius 1 is 1.67 bits per heavy atom. The first-order valence-electron chi connectivity index (χ1n) is 3.54. The van der Waals surface area contributed by atoms with Crippen LogP contribution in [0.1, 0.15) is 17.1 Å². The number of carbonyl (C=O) groups is 1. The van der Waals surface area contributed by atoms with Crippen LogP contribution >= 0.6 is 0 Å². The molecule has 0 aliphatic carbocycles. The van der Waals surface area contributed by atoms with Crippen molar-refractivity contribution in [3.05, 3.63) is 23.2 Å². The molecule has 0 amide bonds. The molecule has 0 unspecified atom stereocenters. The lowest BCUT2D eigenvalue weighted by molar-refractivity contribution is -0.136. The highest BCUT2D eigenvalue weighted by atomic mass is 16.4. The Bertz CT molecular complexity index is 287. The molecule has 0 saturated carbocycles. The van der Waals surface area contributed by atoms with Crippen molar-refractivity contribution < 1.29 is 19.4 Å². The van der Waals surface area contributed by atoms with Crippen LogP contribution in [0.2, 0.25) is 0 Å². The molecule has 0 aliphatic rings. The lowest BCUT2D eigenvalue weighted by atomic mass is 10.2. The lowest BCUT2D eigenvalue weighted by Crippen LogP contribution is -1.98. The molecule has 12 heavy (non-hydrogen) atoms. The molecular weight excluding hydrogens is 160 g/mol.